The van der Waals surface area contributed by atoms with Crippen LogP contribution in [0.5, 0.6) is 5.75 Å². The average molecular weight is 328 g/mol. The molecule has 1 heterocycles. The summed E-state index contributed by atoms with van der Waals surface area (Å²) < 4.78 is 5.47. The lowest BCUT2D eigenvalue weighted by molar-refractivity contribution is -0.122. The molecule has 0 radical (unpaired) electrons. The van der Waals surface area contributed by atoms with Crippen LogP contribution in [0.25, 0.3) is 0 Å². The first kappa shape index (κ1) is 15.9. The number of fused-ring (bicyclic) bond motifs is 4. The predicted octanol–water partition coefficient (Wildman–Crippen LogP) is 2.50. The number of hydrogen-bond acceptors (Lipinski definition) is 3. The molecule has 3 aliphatic rings. The molecule has 4 nitrogen and oxygen atoms in total. The van der Waals surface area contributed by atoms with Crippen molar-refractivity contribution in [2.45, 2.75) is 50.0 Å². The van der Waals surface area contributed by atoms with Gasteiger partial charge in [-0.25, -0.2) is 0 Å². The van der Waals surface area contributed by atoms with Gasteiger partial charge in [-0.1, -0.05) is 6.07 Å². The molecular weight excluding hydrogens is 300 g/mol. The highest BCUT2D eigenvalue weighted by atomic mass is 16.5. The van der Waals surface area contributed by atoms with Crippen molar-refractivity contribution in [3.63, 3.8) is 0 Å². The molecular formula is C20H28N2O2. The minimum atomic E-state index is -0.0209. The van der Waals surface area contributed by atoms with E-state index in [9.17, 15) is 4.79 Å². The van der Waals surface area contributed by atoms with E-state index in [2.05, 4.69) is 28.4 Å². The largest absolute Gasteiger partial charge is 0.497 e. The Balaban J connectivity index is 1.68. The Morgan fingerprint density at radius 1 is 1.42 bits per heavy atom. The number of benzene rings is 1. The van der Waals surface area contributed by atoms with Gasteiger partial charge < -0.3 is 10.1 Å². The van der Waals surface area contributed by atoms with Crippen LogP contribution in [0.15, 0.2) is 18.2 Å². The first-order valence-electron chi connectivity index (χ1n) is 9.25. The molecule has 1 aromatic rings. The summed E-state index contributed by atoms with van der Waals surface area (Å²) in [6.07, 6.45) is 6.69. The maximum absolute atomic E-state index is 12.3. The third kappa shape index (κ3) is 2.81. The van der Waals surface area contributed by atoms with Gasteiger partial charge in [-0.2, -0.15) is 0 Å². The Morgan fingerprint density at radius 2 is 2.25 bits per heavy atom. The number of nitrogens with one attached hydrogen (secondary N) is 1. The number of nitrogens with zero attached hydrogens (tertiary/aromatic N) is 1. The van der Waals surface area contributed by atoms with E-state index in [-0.39, 0.29) is 11.3 Å². The molecule has 1 aromatic carbocycles. The fourth-order valence-corrected chi connectivity index (χ4v) is 4.80. The van der Waals surface area contributed by atoms with Crippen LogP contribution < -0.4 is 10.1 Å². The lowest BCUT2D eigenvalue weighted by atomic mass is 9.62. The van der Waals surface area contributed by atoms with Crippen LogP contribution in [-0.2, 0) is 16.6 Å². The van der Waals surface area contributed by atoms with Crippen molar-refractivity contribution in [1.29, 1.82) is 0 Å². The van der Waals surface area contributed by atoms with E-state index >= 15 is 0 Å². The second kappa shape index (κ2) is 6.07. The van der Waals surface area contributed by atoms with E-state index in [1.54, 1.807) is 14.2 Å². The van der Waals surface area contributed by atoms with E-state index in [0.717, 1.165) is 37.5 Å². The summed E-state index contributed by atoms with van der Waals surface area (Å²) >= 11 is 0. The molecule has 24 heavy (non-hydrogen) atoms. The minimum Gasteiger partial charge on any atom is -0.497 e. The number of rotatable bonds is 5. The van der Waals surface area contributed by atoms with Crippen LogP contribution in [0.1, 0.15) is 43.2 Å². The van der Waals surface area contributed by atoms with Gasteiger partial charge in [0.2, 0.25) is 5.91 Å². The maximum Gasteiger partial charge on any atom is 0.220 e. The molecule has 2 aliphatic carbocycles. The van der Waals surface area contributed by atoms with Gasteiger partial charge in [-0.15, -0.1) is 0 Å². The van der Waals surface area contributed by atoms with Crippen molar-refractivity contribution in [1.82, 2.24) is 10.2 Å². The van der Waals surface area contributed by atoms with Crippen molar-refractivity contribution in [3.05, 3.63) is 29.3 Å². The molecule has 2 atom stereocenters. The van der Waals surface area contributed by atoms with Gasteiger partial charge >= 0.3 is 0 Å². The zero-order valence-corrected chi connectivity index (χ0v) is 14.8. The fraction of sp³-hybridized carbons (Fsp3) is 0.650. The Kier molecular flexibility index (Phi) is 4.03. The molecule has 4 rings (SSSR count). The molecule has 1 saturated carbocycles. The second-order valence-corrected chi connectivity index (χ2v) is 7.90. The summed E-state index contributed by atoms with van der Waals surface area (Å²) in [6.45, 7) is 2.38. The first-order chi connectivity index (χ1) is 11.6. The number of amides is 1. The van der Waals surface area contributed by atoms with Crippen LogP contribution in [0, 0.1) is 5.92 Å². The Hall–Kier alpha value is -1.55. The molecule has 2 fully saturated rings. The number of likely N-dealkylation sites (tertiary alicyclic amines) is 1. The number of carbonyl (C=O) groups excluding carboxylic acids is 1. The van der Waals surface area contributed by atoms with Crippen LogP contribution >= 0.6 is 0 Å². The maximum atomic E-state index is 12.3. The lowest BCUT2D eigenvalue weighted by Crippen LogP contribution is -2.54. The topological polar surface area (TPSA) is 41.6 Å². The number of carbonyl (C=O) groups is 1. The van der Waals surface area contributed by atoms with E-state index in [0.29, 0.717) is 12.5 Å². The van der Waals surface area contributed by atoms with Gasteiger partial charge in [0.1, 0.15) is 5.75 Å². The van der Waals surface area contributed by atoms with E-state index < -0.39 is 0 Å². The smallest absolute Gasteiger partial charge is 0.220 e. The highest BCUT2D eigenvalue weighted by Crippen LogP contribution is 2.48. The monoisotopic (exact) mass is 328 g/mol. The third-order valence-electron chi connectivity index (χ3n) is 6.33. The van der Waals surface area contributed by atoms with Gasteiger partial charge in [0, 0.05) is 31.5 Å². The molecule has 0 aromatic heterocycles. The molecule has 1 aliphatic heterocycles. The Bertz CT molecular complexity index is 641. The second-order valence-electron chi connectivity index (χ2n) is 7.90. The molecule has 2 bridgehead atoms. The van der Waals surface area contributed by atoms with Gasteiger partial charge in [-0.3, -0.25) is 9.69 Å². The number of hydrogen-bond donors (Lipinski definition) is 1. The molecule has 130 valence electrons. The minimum absolute atomic E-state index is 0.0209. The Labute approximate surface area is 144 Å². The third-order valence-corrected chi connectivity index (χ3v) is 6.33. The van der Waals surface area contributed by atoms with Crippen molar-refractivity contribution >= 4 is 5.91 Å². The molecule has 1 amide bonds. The van der Waals surface area contributed by atoms with Crippen LogP contribution in [0.3, 0.4) is 0 Å². The molecule has 1 N–H and O–H groups in total. The average Bonchev–Trinajstić information content (AvgIpc) is 3.41. The van der Waals surface area contributed by atoms with E-state index in [4.69, 9.17) is 4.74 Å². The van der Waals surface area contributed by atoms with Crippen molar-refractivity contribution in [3.8, 4) is 5.75 Å². The number of ether oxygens (including phenoxy) is 1. The van der Waals surface area contributed by atoms with Crippen molar-refractivity contribution in [2.24, 2.45) is 5.92 Å². The summed E-state index contributed by atoms with van der Waals surface area (Å²) in [5, 5.41) is 2.84. The SMILES string of the molecule is CNC(=O)CC12CCN(CC3CC3)C(Cc3ccc(OC)cc31)C2. The summed E-state index contributed by atoms with van der Waals surface area (Å²) in [6, 6.07) is 7.06. The van der Waals surface area contributed by atoms with Gasteiger partial charge in [0.25, 0.3) is 0 Å². The first-order valence-corrected chi connectivity index (χ1v) is 9.25. The van der Waals surface area contributed by atoms with Gasteiger partial charge in [-0.05, 0) is 67.8 Å². The standard InChI is InChI=1S/C20H28N2O2/c1-21-19(23)12-20-7-8-22(13-14-3-4-14)16(11-20)9-15-5-6-17(24-2)10-18(15)20/h5-6,10,14,16H,3-4,7-9,11-13H2,1-2H3,(H,21,23). The summed E-state index contributed by atoms with van der Waals surface area (Å²) in [7, 11) is 3.46. The van der Waals surface area contributed by atoms with Crippen LogP contribution in [-0.4, -0.2) is 44.1 Å². The normalized spacial score (nSPS) is 29.0. The summed E-state index contributed by atoms with van der Waals surface area (Å²) in [5.74, 6) is 1.98. The van der Waals surface area contributed by atoms with E-state index in [1.165, 1.54) is 30.5 Å². The van der Waals surface area contributed by atoms with Crippen LogP contribution in [0.2, 0.25) is 0 Å². The lowest BCUT2D eigenvalue weighted by Gasteiger charge is -2.51. The quantitative estimate of drug-likeness (QED) is 0.903. The predicted molar refractivity (Wildman–Crippen MR) is 94.4 cm³/mol. The van der Waals surface area contributed by atoms with Crippen molar-refractivity contribution in [2.75, 3.05) is 27.2 Å². The summed E-state index contributed by atoms with van der Waals surface area (Å²) in [5.41, 5.74) is 2.75. The molecule has 0 spiro atoms. The molecule has 2 unspecified atom stereocenters. The zero-order chi connectivity index (χ0) is 16.7. The number of piperidine rings is 1. The number of methoxy groups -OCH3 is 1. The van der Waals surface area contributed by atoms with Gasteiger partial charge in [0.05, 0.1) is 7.11 Å². The van der Waals surface area contributed by atoms with Crippen LogP contribution in [0.4, 0.5) is 0 Å². The summed E-state index contributed by atoms with van der Waals surface area (Å²) in [4.78, 5) is 15.0. The fourth-order valence-electron chi connectivity index (χ4n) is 4.80. The zero-order valence-electron chi connectivity index (χ0n) is 14.8. The molecule has 1 saturated heterocycles. The Morgan fingerprint density at radius 3 is 2.96 bits per heavy atom. The van der Waals surface area contributed by atoms with Crippen molar-refractivity contribution < 1.29 is 9.53 Å². The molecule has 4 heteroatoms. The van der Waals surface area contributed by atoms with Gasteiger partial charge in [0.15, 0.2) is 0 Å². The highest BCUT2D eigenvalue weighted by molar-refractivity contribution is 5.77. The highest BCUT2D eigenvalue weighted by Gasteiger charge is 2.47. The van der Waals surface area contributed by atoms with E-state index in [1.807, 2.05) is 0 Å².